The molecular formula is C15H17F2N3. The molecule has 2 aromatic rings. The molecule has 0 unspecified atom stereocenters. The Labute approximate surface area is 116 Å². The van der Waals surface area contributed by atoms with Crippen LogP contribution in [0.5, 0.6) is 0 Å². The van der Waals surface area contributed by atoms with Crippen LogP contribution in [0.4, 0.5) is 8.78 Å². The van der Waals surface area contributed by atoms with Crippen LogP contribution >= 0.6 is 0 Å². The van der Waals surface area contributed by atoms with Gasteiger partial charge < -0.3 is 5.32 Å². The lowest BCUT2D eigenvalue weighted by Crippen LogP contribution is -2.16. The van der Waals surface area contributed by atoms with Crippen LogP contribution in [0.1, 0.15) is 31.0 Å². The van der Waals surface area contributed by atoms with Crippen LogP contribution in [0, 0.1) is 11.6 Å². The number of nitrogens with one attached hydrogen (secondary N) is 1. The van der Waals surface area contributed by atoms with Crippen LogP contribution in [0.25, 0.3) is 5.69 Å². The Bertz CT molecular complexity index is 618. The average Bonchev–Trinajstić information content (AvgIpc) is 3.16. The lowest BCUT2D eigenvalue weighted by atomic mass is 10.2. The van der Waals surface area contributed by atoms with Crippen molar-refractivity contribution >= 4 is 0 Å². The Morgan fingerprint density at radius 2 is 2.15 bits per heavy atom. The van der Waals surface area contributed by atoms with E-state index < -0.39 is 11.6 Å². The van der Waals surface area contributed by atoms with E-state index in [0.29, 0.717) is 11.7 Å². The molecule has 0 atom stereocenters. The quantitative estimate of drug-likeness (QED) is 0.910. The molecule has 3 rings (SSSR count). The van der Waals surface area contributed by atoms with E-state index >= 15 is 0 Å². The van der Waals surface area contributed by atoms with Crippen LogP contribution in [-0.2, 0) is 13.0 Å². The van der Waals surface area contributed by atoms with E-state index in [9.17, 15) is 8.78 Å². The minimum absolute atomic E-state index is 0.293. The number of aromatic nitrogens is 2. The van der Waals surface area contributed by atoms with Gasteiger partial charge in [0.15, 0.2) is 5.82 Å². The average molecular weight is 277 g/mol. The van der Waals surface area contributed by atoms with Gasteiger partial charge in [-0.3, -0.25) is 0 Å². The minimum atomic E-state index is -0.593. The second-order valence-corrected chi connectivity index (χ2v) is 5.13. The molecule has 0 aliphatic heterocycles. The third kappa shape index (κ3) is 2.58. The van der Waals surface area contributed by atoms with Crippen molar-refractivity contribution in [3.63, 3.8) is 0 Å². The van der Waals surface area contributed by atoms with Crippen molar-refractivity contribution in [2.45, 2.75) is 38.8 Å². The molecule has 1 fully saturated rings. The molecule has 106 valence electrons. The monoisotopic (exact) mass is 277 g/mol. The van der Waals surface area contributed by atoms with Crippen LogP contribution in [0.3, 0.4) is 0 Å². The Morgan fingerprint density at radius 1 is 1.35 bits per heavy atom. The molecule has 1 aliphatic rings. The largest absolute Gasteiger partial charge is 0.310 e. The Balaban J connectivity index is 1.91. The highest BCUT2D eigenvalue weighted by Crippen LogP contribution is 2.22. The molecule has 1 aliphatic carbocycles. The summed E-state index contributed by atoms with van der Waals surface area (Å²) in [7, 11) is 0. The molecule has 1 N–H and O–H groups in total. The zero-order valence-corrected chi connectivity index (χ0v) is 11.4. The van der Waals surface area contributed by atoms with E-state index in [-0.39, 0.29) is 0 Å². The fraction of sp³-hybridized carbons (Fsp3) is 0.400. The van der Waals surface area contributed by atoms with Crippen molar-refractivity contribution in [1.82, 2.24) is 15.1 Å². The summed E-state index contributed by atoms with van der Waals surface area (Å²) in [6, 6.07) is 4.18. The highest BCUT2D eigenvalue weighted by Gasteiger charge is 2.21. The van der Waals surface area contributed by atoms with Gasteiger partial charge in [0.05, 0.1) is 6.20 Å². The van der Waals surface area contributed by atoms with Crippen molar-refractivity contribution in [3.8, 4) is 5.69 Å². The van der Waals surface area contributed by atoms with Gasteiger partial charge in [-0.05, 0) is 31.4 Å². The molecule has 1 heterocycles. The molecule has 20 heavy (non-hydrogen) atoms. The first-order valence-electron chi connectivity index (χ1n) is 6.93. The molecule has 1 saturated carbocycles. The molecule has 0 saturated heterocycles. The third-order valence-electron chi connectivity index (χ3n) is 3.59. The molecular weight excluding hydrogens is 260 g/mol. The van der Waals surface area contributed by atoms with Gasteiger partial charge in [0.1, 0.15) is 11.5 Å². The molecule has 1 aromatic heterocycles. The van der Waals surface area contributed by atoms with Crippen molar-refractivity contribution in [2.24, 2.45) is 0 Å². The van der Waals surface area contributed by atoms with Crippen molar-refractivity contribution in [1.29, 1.82) is 0 Å². The summed E-state index contributed by atoms with van der Waals surface area (Å²) in [4.78, 5) is 0. The summed E-state index contributed by atoms with van der Waals surface area (Å²) in [6.07, 6.45) is 4.96. The van der Waals surface area contributed by atoms with Gasteiger partial charge in [-0.25, -0.2) is 13.5 Å². The zero-order valence-electron chi connectivity index (χ0n) is 11.4. The van der Waals surface area contributed by atoms with E-state index in [1.54, 1.807) is 10.9 Å². The highest BCUT2D eigenvalue weighted by atomic mass is 19.1. The Morgan fingerprint density at radius 3 is 2.80 bits per heavy atom. The summed E-state index contributed by atoms with van der Waals surface area (Å²) < 4.78 is 28.4. The summed E-state index contributed by atoms with van der Waals surface area (Å²) >= 11 is 0. The van der Waals surface area contributed by atoms with Gasteiger partial charge >= 0.3 is 0 Å². The highest BCUT2D eigenvalue weighted by molar-refractivity contribution is 5.37. The molecule has 5 heteroatoms. The van der Waals surface area contributed by atoms with Crippen LogP contribution in [0.15, 0.2) is 24.4 Å². The van der Waals surface area contributed by atoms with E-state index in [1.165, 1.54) is 25.0 Å². The number of hydrogen-bond donors (Lipinski definition) is 1. The minimum Gasteiger partial charge on any atom is -0.310 e. The van der Waals surface area contributed by atoms with Crippen LogP contribution in [0.2, 0.25) is 0 Å². The first-order chi connectivity index (χ1) is 9.69. The lowest BCUT2D eigenvalue weighted by molar-refractivity contribution is 0.571. The topological polar surface area (TPSA) is 29.9 Å². The van der Waals surface area contributed by atoms with Crippen LogP contribution in [-0.4, -0.2) is 15.8 Å². The summed E-state index contributed by atoms with van der Waals surface area (Å²) in [6.45, 7) is 2.76. The number of halogens is 2. The first kappa shape index (κ1) is 13.2. The smallest absolute Gasteiger partial charge is 0.151 e. The van der Waals surface area contributed by atoms with Crippen molar-refractivity contribution < 1.29 is 8.78 Å². The van der Waals surface area contributed by atoms with E-state index in [1.807, 2.05) is 6.92 Å². The van der Waals surface area contributed by atoms with E-state index in [0.717, 1.165) is 30.3 Å². The zero-order chi connectivity index (χ0) is 14.1. The number of nitrogens with zero attached hydrogens (tertiary/aromatic N) is 2. The van der Waals surface area contributed by atoms with Gasteiger partial charge in [0, 0.05) is 29.9 Å². The van der Waals surface area contributed by atoms with Gasteiger partial charge in [-0.1, -0.05) is 6.92 Å². The second-order valence-electron chi connectivity index (χ2n) is 5.13. The molecule has 0 amide bonds. The predicted octanol–water partition coefficient (Wildman–Crippen LogP) is 2.96. The maximum Gasteiger partial charge on any atom is 0.151 e. The molecule has 1 aromatic carbocycles. The standard InChI is InChI=1S/C15H17F2N3/c1-2-14-10(8-18-12-4-5-12)9-19-20(14)15-6-3-11(16)7-13(15)17/h3,6-7,9,12,18H,2,4-5,8H2,1H3. The summed E-state index contributed by atoms with van der Waals surface area (Å²) in [5.41, 5.74) is 2.33. The number of rotatable bonds is 5. The van der Waals surface area contributed by atoms with E-state index in [2.05, 4.69) is 10.4 Å². The van der Waals surface area contributed by atoms with Gasteiger partial charge in [-0.2, -0.15) is 5.10 Å². The fourth-order valence-electron chi connectivity index (χ4n) is 2.33. The molecule has 0 radical (unpaired) electrons. The van der Waals surface area contributed by atoms with Crippen LogP contribution < -0.4 is 5.32 Å². The van der Waals surface area contributed by atoms with E-state index in [4.69, 9.17) is 0 Å². The lowest BCUT2D eigenvalue weighted by Gasteiger charge is -2.09. The SMILES string of the molecule is CCc1c(CNC2CC2)cnn1-c1ccc(F)cc1F. The maximum absolute atomic E-state index is 13.9. The van der Waals surface area contributed by atoms with Gasteiger partial charge in [-0.15, -0.1) is 0 Å². The summed E-state index contributed by atoms with van der Waals surface area (Å²) in [5, 5.41) is 7.69. The second kappa shape index (κ2) is 5.32. The summed E-state index contributed by atoms with van der Waals surface area (Å²) in [5.74, 6) is -1.17. The van der Waals surface area contributed by atoms with Gasteiger partial charge in [0.2, 0.25) is 0 Å². The van der Waals surface area contributed by atoms with Crippen molar-refractivity contribution in [2.75, 3.05) is 0 Å². The third-order valence-corrected chi connectivity index (χ3v) is 3.59. The van der Waals surface area contributed by atoms with Gasteiger partial charge in [0.25, 0.3) is 0 Å². The fourth-order valence-corrected chi connectivity index (χ4v) is 2.33. The molecule has 0 bridgehead atoms. The maximum atomic E-state index is 13.9. The number of hydrogen-bond acceptors (Lipinski definition) is 2. The normalized spacial score (nSPS) is 14.8. The Hall–Kier alpha value is -1.75. The molecule has 3 nitrogen and oxygen atoms in total. The molecule has 0 spiro atoms. The first-order valence-corrected chi connectivity index (χ1v) is 6.93. The predicted molar refractivity (Wildman–Crippen MR) is 72.7 cm³/mol. The van der Waals surface area contributed by atoms with Crippen molar-refractivity contribution in [3.05, 3.63) is 47.3 Å². The number of benzene rings is 1. The Kier molecular flexibility index (Phi) is 3.53.